The third-order valence-electron chi connectivity index (χ3n) is 4.77. The smallest absolute Gasteiger partial charge is 0.240 e. The van der Waals surface area contributed by atoms with Crippen molar-refractivity contribution in [2.75, 3.05) is 42.9 Å². The maximum absolute atomic E-state index is 12.4. The molecular weight excluding hydrogens is 370 g/mol. The molecule has 0 bridgehead atoms. The molecule has 1 aliphatic heterocycles. The Morgan fingerprint density at radius 1 is 0.929 bits per heavy atom. The first-order chi connectivity index (χ1) is 13.8. The van der Waals surface area contributed by atoms with E-state index >= 15 is 0 Å². The minimum atomic E-state index is -0.0319. The summed E-state index contributed by atoms with van der Waals surface area (Å²) in [5, 5.41) is 12.7. The summed E-state index contributed by atoms with van der Waals surface area (Å²) in [6.07, 6.45) is 0.732. The molecule has 6 nitrogen and oxygen atoms in total. The number of amides is 1. The lowest BCUT2D eigenvalue weighted by Gasteiger charge is -2.35. The van der Waals surface area contributed by atoms with Gasteiger partial charge >= 0.3 is 0 Å². The maximum Gasteiger partial charge on any atom is 0.240 e. The average molecular weight is 394 g/mol. The molecule has 0 radical (unpaired) electrons. The molecular formula is C21H23N5OS. The van der Waals surface area contributed by atoms with Crippen LogP contribution < -0.4 is 10.2 Å². The number of hydrogen-bond donors (Lipinski definition) is 1. The molecule has 0 aliphatic carbocycles. The third kappa shape index (κ3) is 4.94. The quantitative estimate of drug-likeness (QED) is 0.698. The summed E-state index contributed by atoms with van der Waals surface area (Å²) in [5.74, 6) is -0.0319. The van der Waals surface area contributed by atoms with Gasteiger partial charge in [-0.3, -0.25) is 15.0 Å². The zero-order valence-corrected chi connectivity index (χ0v) is 16.4. The van der Waals surface area contributed by atoms with Gasteiger partial charge in [-0.05, 0) is 17.7 Å². The van der Waals surface area contributed by atoms with Crippen LogP contribution in [0, 0.1) is 0 Å². The van der Waals surface area contributed by atoms with E-state index in [0.29, 0.717) is 11.7 Å². The van der Waals surface area contributed by atoms with Gasteiger partial charge in [0.2, 0.25) is 11.0 Å². The van der Waals surface area contributed by atoms with Crippen LogP contribution in [0.3, 0.4) is 0 Å². The van der Waals surface area contributed by atoms with Crippen molar-refractivity contribution < 1.29 is 4.79 Å². The van der Waals surface area contributed by atoms with E-state index in [9.17, 15) is 4.79 Å². The van der Waals surface area contributed by atoms with Gasteiger partial charge in [0.05, 0.1) is 6.54 Å². The molecule has 3 aromatic rings. The van der Waals surface area contributed by atoms with Gasteiger partial charge in [0.25, 0.3) is 0 Å². The van der Waals surface area contributed by atoms with Crippen molar-refractivity contribution in [2.24, 2.45) is 0 Å². The number of carbonyl (C=O) groups is 1. The molecule has 4 rings (SSSR count). The normalized spacial score (nSPS) is 14.8. The fourth-order valence-corrected chi connectivity index (χ4v) is 4.10. The van der Waals surface area contributed by atoms with Crippen LogP contribution in [-0.4, -0.2) is 53.7 Å². The zero-order chi connectivity index (χ0) is 19.2. The second kappa shape index (κ2) is 8.95. The second-order valence-corrected chi connectivity index (χ2v) is 7.87. The number of carbonyl (C=O) groups excluding carboxylic acids is 1. The molecule has 1 aliphatic rings. The van der Waals surface area contributed by atoms with Gasteiger partial charge in [-0.2, -0.15) is 0 Å². The predicted molar refractivity (Wildman–Crippen MR) is 113 cm³/mol. The first kappa shape index (κ1) is 18.6. The number of piperazine rings is 1. The number of rotatable bonds is 6. The summed E-state index contributed by atoms with van der Waals surface area (Å²) in [5.41, 5.74) is 2.43. The summed E-state index contributed by atoms with van der Waals surface area (Å²) < 4.78 is 0. The molecule has 2 heterocycles. The molecule has 1 saturated heterocycles. The van der Waals surface area contributed by atoms with Gasteiger partial charge in [-0.25, -0.2) is 0 Å². The van der Waals surface area contributed by atoms with Crippen molar-refractivity contribution in [1.29, 1.82) is 0 Å². The lowest BCUT2D eigenvalue weighted by molar-refractivity contribution is -0.117. The van der Waals surface area contributed by atoms with Gasteiger partial charge in [-0.15, -0.1) is 10.2 Å². The van der Waals surface area contributed by atoms with Crippen LogP contribution in [-0.2, 0) is 11.2 Å². The third-order valence-corrected chi connectivity index (χ3v) is 5.61. The maximum atomic E-state index is 12.4. The molecule has 0 unspecified atom stereocenters. The Hall–Kier alpha value is -2.77. The highest BCUT2D eigenvalue weighted by atomic mass is 32.1. The molecule has 0 saturated carbocycles. The van der Waals surface area contributed by atoms with E-state index in [1.807, 2.05) is 24.3 Å². The van der Waals surface area contributed by atoms with Gasteiger partial charge < -0.3 is 4.90 Å². The Morgan fingerprint density at radius 3 is 2.32 bits per heavy atom. The van der Waals surface area contributed by atoms with Crippen LogP contribution in [0.25, 0.3) is 0 Å². The van der Waals surface area contributed by atoms with Crippen molar-refractivity contribution >= 4 is 28.1 Å². The van der Waals surface area contributed by atoms with Crippen LogP contribution >= 0.6 is 11.3 Å². The van der Waals surface area contributed by atoms with Gasteiger partial charge in [0.1, 0.15) is 5.01 Å². The highest BCUT2D eigenvalue weighted by Gasteiger charge is 2.19. The number of para-hydroxylation sites is 1. The first-order valence-electron chi connectivity index (χ1n) is 9.45. The van der Waals surface area contributed by atoms with Crippen LogP contribution in [0.4, 0.5) is 10.8 Å². The Balaban J connectivity index is 1.24. The van der Waals surface area contributed by atoms with E-state index in [0.717, 1.165) is 37.6 Å². The van der Waals surface area contributed by atoms with E-state index in [4.69, 9.17) is 0 Å². The summed E-state index contributed by atoms with van der Waals surface area (Å²) in [6.45, 7) is 3.99. The Kier molecular flexibility index (Phi) is 5.94. The minimum absolute atomic E-state index is 0.0319. The number of aromatic nitrogens is 2. The number of hydrogen-bond acceptors (Lipinski definition) is 6. The van der Waals surface area contributed by atoms with E-state index in [-0.39, 0.29) is 5.91 Å². The largest absolute Gasteiger partial charge is 0.369 e. The molecule has 28 heavy (non-hydrogen) atoms. The van der Waals surface area contributed by atoms with Gasteiger partial charge in [-0.1, -0.05) is 59.9 Å². The van der Waals surface area contributed by atoms with Crippen molar-refractivity contribution in [3.8, 4) is 0 Å². The second-order valence-electron chi connectivity index (χ2n) is 6.81. The topological polar surface area (TPSA) is 61.4 Å². The Bertz CT molecular complexity index is 891. The summed E-state index contributed by atoms with van der Waals surface area (Å²) in [7, 11) is 0. The molecule has 1 fully saturated rings. The standard InChI is InChI=1S/C21H23N5OS/c27-19(16-25-11-13-26(14-12-25)18-9-5-2-6-10-18)22-21-24-23-20(28-21)15-17-7-3-1-4-8-17/h1-10H,11-16H2,(H,22,24,27). The molecule has 144 valence electrons. The van der Waals surface area contributed by atoms with E-state index in [1.165, 1.54) is 22.6 Å². The van der Waals surface area contributed by atoms with Crippen molar-refractivity contribution in [1.82, 2.24) is 15.1 Å². The fourth-order valence-electron chi connectivity index (χ4n) is 3.31. The summed E-state index contributed by atoms with van der Waals surface area (Å²) >= 11 is 1.43. The van der Waals surface area contributed by atoms with Crippen LogP contribution in [0.2, 0.25) is 0 Å². The summed E-state index contributed by atoms with van der Waals surface area (Å²) in [6, 6.07) is 20.6. The average Bonchev–Trinajstić information content (AvgIpc) is 3.16. The number of nitrogens with one attached hydrogen (secondary N) is 1. The molecule has 1 amide bonds. The van der Waals surface area contributed by atoms with Crippen LogP contribution in [0.5, 0.6) is 0 Å². The number of nitrogens with zero attached hydrogens (tertiary/aromatic N) is 4. The highest BCUT2D eigenvalue weighted by molar-refractivity contribution is 7.15. The van der Waals surface area contributed by atoms with Crippen molar-refractivity contribution in [3.05, 3.63) is 71.2 Å². The van der Waals surface area contributed by atoms with Crippen molar-refractivity contribution in [3.63, 3.8) is 0 Å². The lowest BCUT2D eigenvalue weighted by atomic mass is 10.2. The van der Waals surface area contributed by atoms with Crippen LogP contribution in [0.1, 0.15) is 10.6 Å². The number of anilines is 2. The predicted octanol–water partition coefficient (Wildman–Crippen LogP) is 2.89. The van der Waals surface area contributed by atoms with E-state index < -0.39 is 0 Å². The first-order valence-corrected chi connectivity index (χ1v) is 10.3. The SMILES string of the molecule is O=C(CN1CCN(c2ccccc2)CC1)Nc1nnc(Cc2ccccc2)s1. The van der Waals surface area contributed by atoms with E-state index in [2.05, 4.69) is 61.7 Å². The highest BCUT2D eigenvalue weighted by Crippen LogP contribution is 2.19. The van der Waals surface area contributed by atoms with Crippen LogP contribution in [0.15, 0.2) is 60.7 Å². The molecule has 1 N–H and O–H groups in total. The number of benzene rings is 2. The molecule has 1 aromatic heterocycles. The van der Waals surface area contributed by atoms with E-state index in [1.54, 1.807) is 0 Å². The molecule has 0 spiro atoms. The van der Waals surface area contributed by atoms with Gasteiger partial charge in [0, 0.05) is 38.3 Å². The zero-order valence-electron chi connectivity index (χ0n) is 15.6. The Morgan fingerprint density at radius 2 is 1.61 bits per heavy atom. The Labute approximate surface area is 168 Å². The lowest BCUT2D eigenvalue weighted by Crippen LogP contribution is -2.48. The molecule has 2 aromatic carbocycles. The minimum Gasteiger partial charge on any atom is -0.369 e. The molecule has 7 heteroatoms. The van der Waals surface area contributed by atoms with Crippen molar-refractivity contribution in [2.45, 2.75) is 6.42 Å². The van der Waals surface area contributed by atoms with Gasteiger partial charge in [0.15, 0.2) is 0 Å². The molecule has 0 atom stereocenters. The fraction of sp³-hybridized carbons (Fsp3) is 0.286. The summed E-state index contributed by atoms with van der Waals surface area (Å²) in [4.78, 5) is 16.9. The monoisotopic (exact) mass is 393 g/mol.